The number of aryl methyl sites for hydroxylation is 2. The van der Waals surface area contributed by atoms with Gasteiger partial charge in [-0.15, -0.1) is 0 Å². The number of sulfonamides is 1. The van der Waals surface area contributed by atoms with Crippen LogP contribution in [0.4, 0.5) is 5.69 Å². The van der Waals surface area contributed by atoms with Gasteiger partial charge in [0.05, 0.1) is 11.9 Å². The molecule has 0 saturated heterocycles. The van der Waals surface area contributed by atoms with Crippen LogP contribution in [-0.4, -0.2) is 50.5 Å². The highest BCUT2D eigenvalue weighted by atomic mass is 79.9. The van der Waals surface area contributed by atoms with Crippen LogP contribution < -0.4 is 9.62 Å². The summed E-state index contributed by atoms with van der Waals surface area (Å²) in [4.78, 5) is 28.8. The van der Waals surface area contributed by atoms with Gasteiger partial charge < -0.3 is 10.2 Å². The van der Waals surface area contributed by atoms with E-state index >= 15 is 0 Å². The van der Waals surface area contributed by atoms with Crippen LogP contribution in [0.2, 0.25) is 0 Å². The minimum absolute atomic E-state index is 0.144. The largest absolute Gasteiger partial charge is 0.355 e. The maximum atomic E-state index is 14.0. The van der Waals surface area contributed by atoms with E-state index < -0.39 is 28.5 Å². The zero-order chi connectivity index (χ0) is 27.9. The van der Waals surface area contributed by atoms with Crippen molar-refractivity contribution >= 4 is 43.5 Å². The smallest absolute Gasteiger partial charge is 0.244 e. The van der Waals surface area contributed by atoms with E-state index in [4.69, 9.17) is 0 Å². The van der Waals surface area contributed by atoms with Crippen LogP contribution >= 0.6 is 15.9 Å². The molecule has 0 aliphatic heterocycles. The van der Waals surface area contributed by atoms with Crippen LogP contribution in [0.5, 0.6) is 0 Å². The molecule has 0 radical (unpaired) electrons. The van der Waals surface area contributed by atoms with Crippen molar-refractivity contribution in [3.05, 3.63) is 99.5 Å². The number of halogens is 1. The second-order valence-electron chi connectivity index (χ2n) is 9.31. The predicted molar refractivity (Wildman–Crippen MR) is 155 cm³/mol. The molecule has 2 amide bonds. The van der Waals surface area contributed by atoms with Gasteiger partial charge in [-0.05, 0) is 55.7 Å². The van der Waals surface area contributed by atoms with Crippen LogP contribution in [0.1, 0.15) is 29.2 Å². The molecule has 3 aromatic carbocycles. The fraction of sp³-hybridized carbons (Fsp3) is 0.310. The van der Waals surface area contributed by atoms with Crippen molar-refractivity contribution in [1.29, 1.82) is 0 Å². The molecule has 1 atom stereocenters. The van der Waals surface area contributed by atoms with Crippen LogP contribution in [0, 0.1) is 13.8 Å². The lowest BCUT2D eigenvalue weighted by atomic mass is 10.0. The average Bonchev–Trinajstić information content (AvgIpc) is 2.86. The Labute approximate surface area is 234 Å². The molecular weight excluding hydrogens is 566 g/mol. The Kier molecular flexibility index (Phi) is 10.1. The number of anilines is 1. The number of likely N-dealkylation sites (N-methyl/N-ethyl adjacent to an activating group) is 1. The van der Waals surface area contributed by atoms with Gasteiger partial charge in [-0.3, -0.25) is 13.9 Å². The molecule has 0 unspecified atom stereocenters. The van der Waals surface area contributed by atoms with E-state index in [2.05, 4.69) is 21.2 Å². The third kappa shape index (κ3) is 7.91. The minimum atomic E-state index is -3.80. The fourth-order valence-electron chi connectivity index (χ4n) is 4.31. The van der Waals surface area contributed by atoms with Gasteiger partial charge in [0.2, 0.25) is 21.8 Å². The lowest BCUT2D eigenvalue weighted by molar-refractivity contribution is -0.140. The Morgan fingerprint density at radius 2 is 1.61 bits per heavy atom. The standard InChI is InChI=1S/C29H34BrN3O4S/c1-5-31-29(35)27(18-23-9-7-6-8-10-23)32(19-24-12-14-25(30)15-13-24)28(34)20-33(38(4,36)37)26-16-11-21(2)17-22(26)3/h6-17,27H,5,18-20H2,1-4H3,(H,31,35)/t27-/m1/s1. The molecule has 202 valence electrons. The number of hydrogen-bond donors (Lipinski definition) is 1. The number of carbonyl (C=O) groups is 2. The Morgan fingerprint density at radius 3 is 2.18 bits per heavy atom. The molecule has 3 aromatic rings. The van der Waals surface area contributed by atoms with Crippen molar-refractivity contribution in [2.75, 3.05) is 23.7 Å². The van der Waals surface area contributed by atoms with Crippen molar-refractivity contribution in [2.24, 2.45) is 0 Å². The third-order valence-corrected chi connectivity index (χ3v) is 7.84. The molecular formula is C29H34BrN3O4S. The molecule has 38 heavy (non-hydrogen) atoms. The van der Waals surface area contributed by atoms with E-state index in [-0.39, 0.29) is 18.9 Å². The van der Waals surface area contributed by atoms with Gasteiger partial charge in [0.15, 0.2) is 0 Å². The Bertz CT molecular complexity index is 1360. The summed E-state index contributed by atoms with van der Waals surface area (Å²) in [5.74, 6) is -0.760. The zero-order valence-electron chi connectivity index (χ0n) is 22.1. The first-order valence-corrected chi connectivity index (χ1v) is 15.0. The molecule has 7 nitrogen and oxygen atoms in total. The third-order valence-electron chi connectivity index (χ3n) is 6.19. The summed E-state index contributed by atoms with van der Waals surface area (Å²) in [6.07, 6.45) is 1.38. The molecule has 3 rings (SSSR count). The predicted octanol–water partition coefficient (Wildman–Crippen LogP) is 4.61. The zero-order valence-corrected chi connectivity index (χ0v) is 24.6. The van der Waals surface area contributed by atoms with Crippen LogP contribution in [0.15, 0.2) is 77.3 Å². The molecule has 1 N–H and O–H groups in total. The minimum Gasteiger partial charge on any atom is -0.355 e. The summed E-state index contributed by atoms with van der Waals surface area (Å²) < 4.78 is 27.8. The van der Waals surface area contributed by atoms with Crippen LogP contribution in [0.3, 0.4) is 0 Å². The Hall–Kier alpha value is -3.17. The fourth-order valence-corrected chi connectivity index (χ4v) is 5.48. The summed E-state index contributed by atoms with van der Waals surface area (Å²) in [7, 11) is -3.80. The van der Waals surface area contributed by atoms with E-state index in [0.717, 1.165) is 37.3 Å². The van der Waals surface area contributed by atoms with E-state index in [1.807, 2.05) is 87.5 Å². The topological polar surface area (TPSA) is 86.8 Å². The van der Waals surface area contributed by atoms with Crippen molar-refractivity contribution in [3.63, 3.8) is 0 Å². The molecule has 0 aliphatic carbocycles. The first kappa shape index (κ1) is 29.4. The molecule has 0 fully saturated rings. The Balaban J connectivity index is 2.05. The maximum Gasteiger partial charge on any atom is 0.244 e. The van der Waals surface area contributed by atoms with Crippen molar-refractivity contribution in [3.8, 4) is 0 Å². The van der Waals surface area contributed by atoms with Gasteiger partial charge in [-0.25, -0.2) is 8.42 Å². The monoisotopic (exact) mass is 599 g/mol. The lowest BCUT2D eigenvalue weighted by Gasteiger charge is -2.33. The number of amides is 2. The number of carbonyl (C=O) groups excluding carboxylic acids is 2. The van der Waals surface area contributed by atoms with E-state index in [1.165, 1.54) is 4.90 Å². The average molecular weight is 601 g/mol. The van der Waals surface area contributed by atoms with Crippen molar-refractivity contribution < 1.29 is 18.0 Å². The maximum absolute atomic E-state index is 14.0. The highest BCUT2D eigenvalue weighted by molar-refractivity contribution is 9.10. The molecule has 0 spiro atoms. The summed E-state index contributed by atoms with van der Waals surface area (Å²) in [6, 6.07) is 21.5. The molecule has 0 bridgehead atoms. The number of rotatable bonds is 11. The highest BCUT2D eigenvalue weighted by Gasteiger charge is 2.33. The van der Waals surface area contributed by atoms with E-state index in [1.54, 1.807) is 6.07 Å². The molecule has 0 saturated carbocycles. The molecule has 0 aliphatic rings. The van der Waals surface area contributed by atoms with Crippen molar-refractivity contribution in [2.45, 2.75) is 39.8 Å². The lowest BCUT2D eigenvalue weighted by Crippen LogP contribution is -2.53. The number of nitrogens with one attached hydrogen (secondary N) is 1. The summed E-state index contributed by atoms with van der Waals surface area (Å²) >= 11 is 3.43. The second-order valence-corrected chi connectivity index (χ2v) is 12.1. The first-order valence-electron chi connectivity index (χ1n) is 12.4. The van der Waals surface area contributed by atoms with E-state index in [9.17, 15) is 18.0 Å². The summed E-state index contributed by atoms with van der Waals surface area (Å²) in [6.45, 7) is 5.69. The number of benzene rings is 3. The number of hydrogen-bond acceptors (Lipinski definition) is 4. The van der Waals surface area contributed by atoms with Gasteiger partial charge in [0.1, 0.15) is 12.6 Å². The van der Waals surface area contributed by atoms with Gasteiger partial charge in [0.25, 0.3) is 0 Å². The molecule has 9 heteroatoms. The van der Waals surface area contributed by atoms with Crippen molar-refractivity contribution in [1.82, 2.24) is 10.2 Å². The van der Waals surface area contributed by atoms with Gasteiger partial charge in [-0.1, -0.05) is 76.1 Å². The quantitative estimate of drug-likeness (QED) is 0.349. The second kappa shape index (κ2) is 13.1. The van der Waals surface area contributed by atoms with Gasteiger partial charge in [0, 0.05) is 24.0 Å². The summed E-state index contributed by atoms with van der Waals surface area (Å²) in [5.41, 5.74) is 3.88. The normalized spacial score (nSPS) is 12.0. The Morgan fingerprint density at radius 1 is 0.947 bits per heavy atom. The van der Waals surface area contributed by atoms with Gasteiger partial charge >= 0.3 is 0 Å². The summed E-state index contributed by atoms with van der Waals surface area (Å²) in [5, 5.41) is 2.85. The highest BCUT2D eigenvalue weighted by Crippen LogP contribution is 2.25. The SMILES string of the molecule is CCNC(=O)[C@@H](Cc1ccccc1)N(Cc1ccc(Br)cc1)C(=O)CN(c1ccc(C)cc1C)S(C)(=O)=O. The van der Waals surface area contributed by atoms with Crippen LogP contribution in [0.25, 0.3) is 0 Å². The molecule has 0 aromatic heterocycles. The molecule has 0 heterocycles. The van der Waals surface area contributed by atoms with E-state index in [0.29, 0.717) is 12.2 Å². The number of nitrogens with zero attached hydrogens (tertiary/aromatic N) is 2. The van der Waals surface area contributed by atoms with Gasteiger partial charge in [-0.2, -0.15) is 0 Å². The van der Waals surface area contributed by atoms with Crippen LogP contribution in [-0.2, 0) is 32.6 Å². The first-order chi connectivity index (χ1) is 18.0.